The molecule has 1 amide bonds. The van der Waals surface area contributed by atoms with Crippen LogP contribution < -0.4 is 15.0 Å². The first-order valence-electron chi connectivity index (χ1n) is 10.8. The van der Waals surface area contributed by atoms with Gasteiger partial charge < -0.3 is 15.0 Å². The second-order valence-electron chi connectivity index (χ2n) is 8.06. The van der Waals surface area contributed by atoms with E-state index in [0.29, 0.717) is 11.3 Å². The van der Waals surface area contributed by atoms with Gasteiger partial charge in [0, 0.05) is 24.6 Å². The van der Waals surface area contributed by atoms with Gasteiger partial charge >= 0.3 is 0 Å². The van der Waals surface area contributed by atoms with Gasteiger partial charge in [0.05, 0.1) is 18.8 Å². The van der Waals surface area contributed by atoms with Crippen molar-refractivity contribution in [1.29, 1.82) is 0 Å². The van der Waals surface area contributed by atoms with Gasteiger partial charge in [-0.1, -0.05) is 24.3 Å². The van der Waals surface area contributed by atoms with Crippen LogP contribution in [0, 0.1) is 11.7 Å². The first-order chi connectivity index (χ1) is 15.5. The smallest absolute Gasteiger partial charge is 0.223 e. The summed E-state index contributed by atoms with van der Waals surface area (Å²) < 4.78 is 18.7. The van der Waals surface area contributed by atoms with E-state index in [9.17, 15) is 9.18 Å². The molecule has 1 aliphatic rings. The van der Waals surface area contributed by atoms with E-state index in [-0.39, 0.29) is 23.7 Å². The summed E-state index contributed by atoms with van der Waals surface area (Å²) in [6.07, 6.45) is 1.51. The lowest BCUT2D eigenvalue weighted by atomic mass is 9.95. The second kappa shape index (κ2) is 9.77. The van der Waals surface area contributed by atoms with Crippen LogP contribution in [0.5, 0.6) is 5.75 Å². The van der Waals surface area contributed by atoms with E-state index in [1.165, 1.54) is 12.1 Å². The van der Waals surface area contributed by atoms with Gasteiger partial charge in [0.15, 0.2) is 5.82 Å². The Morgan fingerprint density at radius 2 is 1.88 bits per heavy atom. The van der Waals surface area contributed by atoms with E-state index in [4.69, 9.17) is 4.74 Å². The summed E-state index contributed by atoms with van der Waals surface area (Å²) in [6, 6.07) is 17.7. The molecular weight excluding hydrogens is 407 g/mol. The van der Waals surface area contributed by atoms with Crippen molar-refractivity contribution in [2.75, 3.05) is 25.1 Å². The average Bonchev–Trinajstić information content (AvgIpc) is 2.84. The Labute approximate surface area is 187 Å². The highest BCUT2D eigenvalue weighted by Crippen LogP contribution is 2.25. The minimum absolute atomic E-state index is 0.0289. The van der Waals surface area contributed by atoms with Gasteiger partial charge in [-0.3, -0.25) is 4.79 Å². The number of benzene rings is 2. The lowest BCUT2D eigenvalue weighted by molar-refractivity contribution is -0.126. The van der Waals surface area contributed by atoms with Gasteiger partial charge in [0.25, 0.3) is 0 Å². The first-order valence-corrected chi connectivity index (χ1v) is 10.8. The molecule has 2 heterocycles. The number of hydrogen-bond acceptors (Lipinski definition) is 5. The summed E-state index contributed by atoms with van der Waals surface area (Å²) in [7, 11) is 1.63. The Morgan fingerprint density at radius 1 is 1.09 bits per heavy atom. The van der Waals surface area contributed by atoms with E-state index in [0.717, 1.165) is 43.1 Å². The predicted octanol–water partition coefficient (Wildman–Crippen LogP) is 4.39. The standard InChI is InChI=1S/C25H27FN4O2/c1-17(19-5-4-8-22(16-19)32-2)27-25(31)18-11-13-30(14-12-18)24-10-9-23(28-29-24)20-6-3-7-21(26)15-20/h3-10,15-18H,11-14H2,1-2H3,(H,27,31)/t17-/m1/s1. The van der Waals surface area contributed by atoms with E-state index in [2.05, 4.69) is 20.4 Å². The number of methoxy groups -OCH3 is 1. The molecule has 0 bridgehead atoms. The molecule has 166 valence electrons. The van der Waals surface area contributed by atoms with Gasteiger partial charge in [-0.05, 0) is 61.7 Å². The molecule has 3 aromatic rings. The minimum Gasteiger partial charge on any atom is -0.497 e. The highest BCUT2D eigenvalue weighted by Gasteiger charge is 2.27. The molecule has 32 heavy (non-hydrogen) atoms. The third-order valence-electron chi connectivity index (χ3n) is 5.91. The molecule has 4 rings (SSSR count). The zero-order valence-electron chi connectivity index (χ0n) is 18.3. The third kappa shape index (κ3) is 5.04. The van der Waals surface area contributed by atoms with E-state index in [1.807, 2.05) is 49.4 Å². The van der Waals surface area contributed by atoms with E-state index in [1.54, 1.807) is 13.2 Å². The average molecular weight is 435 g/mol. The van der Waals surface area contributed by atoms with Crippen LogP contribution in [0.4, 0.5) is 10.2 Å². The Kier molecular flexibility index (Phi) is 6.63. The number of ether oxygens (including phenoxy) is 1. The quantitative estimate of drug-likeness (QED) is 0.623. The van der Waals surface area contributed by atoms with Crippen LogP contribution in [0.25, 0.3) is 11.3 Å². The topological polar surface area (TPSA) is 67.3 Å². The molecule has 7 heteroatoms. The number of rotatable bonds is 6. The largest absolute Gasteiger partial charge is 0.497 e. The normalized spacial score (nSPS) is 15.3. The monoisotopic (exact) mass is 434 g/mol. The number of piperidine rings is 1. The fourth-order valence-corrected chi connectivity index (χ4v) is 3.99. The van der Waals surface area contributed by atoms with Crippen LogP contribution in [0.15, 0.2) is 60.7 Å². The van der Waals surface area contributed by atoms with Crippen molar-refractivity contribution < 1.29 is 13.9 Å². The van der Waals surface area contributed by atoms with Crippen LogP contribution >= 0.6 is 0 Å². The maximum absolute atomic E-state index is 13.4. The van der Waals surface area contributed by atoms with Crippen molar-refractivity contribution >= 4 is 11.7 Å². The number of nitrogens with one attached hydrogen (secondary N) is 1. The summed E-state index contributed by atoms with van der Waals surface area (Å²) in [6.45, 7) is 3.46. The third-order valence-corrected chi connectivity index (χ3v) is 5.91. The van der Waals surface area contributed by atoms with Crippen molar-refractivity contribution in [3.63, 3.8) is 0 Å². The zero-order valence-corrected chi connectivity index (χ0v) is 18.3. The van der Waals surface area contributed by atoms with Crippen molar-refractivity contribution in [3.05, 3.63) is 72.0 Å². The molecule has 0 saturated carbocycles. The van der Waals surface area contributed by atoms with Crippen molar-refractivity contribution in [2.24, 2.45) is 5.92 Å². The molecule has 0 aliphatic carbocycles. The van der Waals surface area contributed by atoms with Crippen LogP contribution in [-0.2, 0) is 4.79 Å². The van der Waals surface area contributed by atoms with Crippen LogP contribution in [-0.4, -0.2) is 36.3 Å². The van der Waals surface area contributed by atoms with Crippen LogP contribution in [0.2, 0.25) is 0 Å². The molecule has 1 fully saturated rings. The van der Waals surface area contributed by atoms with E-state index < -0.39 is 0 Å². The fourth-order valence-electron chi connectivity index (χ4n) is 3.99. The molecule has 0 spiro atoms. The maximum atomic E-state index is 13.4. The lowest BCUT2D eigenvalue weighted by Crippen LogP contribution is -2.41. The van der Waals surface area contributed by atoms with Crippen molar-refractivity contribution in [1.82, 2.24) is 15.5 Å². The van der Waals surface area contributed by atoms with Gasteiger partial charge in [-0.2, -0.15) is 0 Å². The number of nitrogens with zero attached hydrogens (tertiary/aromatic N) is 3. The van der Waals surface area contributed by atoms with Gasteiger partial charge in [0.1, 0.15) is 11.6 Å². The first kappa shape index (κ1) is 21.7. The molecule has 0 unspecified atom stereocenters. The van der Waals surface area contributed by atoms with Gasteiger partial charge in [-0.15, -0.1) is 10.2 Å². The summed E-state index contributed by atoms with van der Waals surface area (Å²) in [5.74, 6) is 1.30. The SMILES string of the molecule is COc1cccc([C@@H](C)NC(=O)C2CCN(c3ccc(-c4cccc(F)c4)nn3)CC2)c1. The molecule has 2 aromatic carbocycles. The van der Waals surface area contributed by atoms with Crippen LogP contribution in [0.3, 0.4) is 0 Å². The van der Waals surface area contributed by atoms with Crippen molar-refractivity contribution in [3.8, 4) is 17.0 Å². The minimum atomic E-state index is -0.297. The molecule has 0 radical (unpaired) electrons. The highest BCUT2D eigenvalue weighted by atomic mass is 19.1. The van der Waals surface area contributed by atoms with E-state index >= 15 is 0 Å². The predicted molar refractivity (Wildman–Crippen MR) is 122 cm³/mol. The van der Waals surface area contributed by atoms with Gasteiger partial charge in [-0.25, -0.2) is 4.39 Å². The molecule has 1 aliphatic heterocycles. The summed E-state index contributed by atoms with van der Waals surface area (Å²) in [4.78, 5) is 14.9. The molecule has 6 nitrogen and oxygen atoms in total. The molecule has 1 aromatic heterocycles. The number of aromatic nitrogens is 2. The number of carbonyl (C=O) groups excluding carboxylic acids is 1. The molecular formula is C25H27FN4O2. The number of hydrogen-bond donors (Lipinski definition) is 1. The number of halogens is 1. The molecule has 1 atom stereocenters. The fraction of sp³-hybridized carbons (Fsp3) is 0.320. The van der Waals surface area contributed by atoms with Gasteiger partial charge in [0.2, 0.25) is 5.91 Å². The highest BCUT2D eigenvalue weighted by molar-refractivity contribution is 5.79. The van der Waals surface area contributed by atoms with Crippen LogP contribution in [0.1, 0.15) is 31.4 Å². The molecule has 1 saturated heterocycles. The summed E-state index contributed by atoms with van der Waals surface area (Å²) in [5, 5.41) is 11.7. The summed E-state index contributed by atoms with van der Waals surface area (Å²) in [5.41, 5.74) is 2.35. The Morgan fingerprint density at radius 3 is 2.56 bits per heavy atom. The molecule has 1 N–H and O–H groups in total. The Hall–Kier alpha value is -3.48. The Balaban J connectivity index is 1.32. The zero-order chi connectivity index (χ0) is 22.5. The number of amides is 1. The Bertz CT molecular complexity index is 1070. The summed E-state index contributed by atoms with van der Waals surface area (Å²) >= 11 is 0. The number of anilines is 1. The number of carbonyl (C=O) groups is 1. The maximum Gasteiger partial charge on any atom is 0.223 e. The lowest BCUT2D eigenvalue weighted by Gasteiger charge is -2.32. The van der Waals surface area contributed by atoms with Crippen molar-refractivity contribution in [2.45, 2.75) is 25.8 Å². The second-order valence-corrected chi connectivity index (χ2v) is 8.06.